The van der Waals surface area contributed by atoms with E-state index in [9.17, 15) is 9.59 Å². The van der Waals surface area contributed by atoms with E-state index in [0.717, 1.165) is 25.1 Å². The molecule has 2 rings (SSSR count). The van der Waals surface area contributed by atoms with Crippen LogP contribution in [0.4, 0.5) is 0 Å². The van der Waals surface area contributed by atoms with Gasteiger partial charge in [0, 0.05) is 24.8 Å². The summed E-state index contributed by atoms with van der Waals surface area (Å²) >= 11 is 0. The van der Waals surface area contributed by atoms with Gasteiger partial charge in [0.15, 0.2) is 0 Å². The number of pyridine rings is 1. The zero-order chi connectivity index (χ0) is 10.7. The van der Waals surface area contributed by atoms with Crippen molar-refractivity contribution in [1.29, 1.82) is 0 Å². The summed E-state index contributed by atoms with van der Waals surface area (Å²) in [7, 11) is 0. The van der Waals surface area contributed by atoms with Gasteiger partial charge >= 0.3 is 0 Å². The average molecular weight is 206 g/mol. The second-order valence-electron chi connectivity index (χ2n) is 3.90. The summed E-state index contributed by atoms with van der Waals surface area (Å²) in [5, 5.41) is 2.67. The molecule has 0 radical (unpaired) electrons. The van der Waals surface area contributed by atoms with Crippen molar-refractivity contribution in [2.75, 3.05) is 6.54 Å². The number of aromatic nitrogens is 1. The molecule has 0 fully saturated rings. The normalized spacial score (nSPS) is 19.3. The largest absolute Gasteiger partial charge is 0.358 e. The molecule has 2 heterocycles. The van der Waals surface area contributed by atoms with Crippen LogP contribution in [0.1, 0.15) is 12.1 Å². The van der Waals surface area contributed by atoms with Crippen molar-refractivity contribution in [3.05, 3.63) is 34.2 Å². The zero-order valence-corrected chi connectivity index (χ0v) is 8.48. The molecule has 1 aliphatic rings. The predicted molar refractivity (Wildman–Crippen MR) is 56.6 cm³/mol. The summed E-state index contributed by atoms with van der Waals surface area (Å²) in [6.07, 6.45) is 2.66. The number of carbonyl (C=O) groups excluding carboxylic acids is 1. The van der Waals surface area contributed by atoms with Gasteiger partial charge in [-0.05, 0) is 24.8 Å². The first kappa shape index (κ1) is 9.96. The van der Waals surface area contributed by atoms with Crippen molar-refractivity contribution in [3.63, 3.8) is 0 Å². The Morgan fingerprint density at radius 2 is 2.40 bits per heavy atom. The molecule has 0 saturated carbocycles. The molecule has 1 aliphatic heterocycles. The van der Waals surface area contributed by atoms with Crippen LogP contribution >= 0.6 is 0 Å². The smallest absolute Gasteiger partial charge is 0.250 e. The fraction of sp³-hybridized carbons (Fsp3) is 0.455. The maximum atomic E-state index is 11.6. The number of amides is 1. The summed E-state index contributed by atoms with van der Waals surface area (Å²) in [6, 6.07) is 5.38. The third-order valence-electron chi connectivity index (χ3n) is 2.88. The third-order valence-corrected chi connectivity index (χ3v) is 2.88. The Morgan fingerprint density at radius 1 is 1.53 bits per heavy atom. The number of aryl methyl sites for hydroxylation is 1. The Bertz CT molecular complexity index is 411. The van der Waals surface area contributed by atoms with Gasteiger partial charge in [0.25, 0.3) is 5.56 Å². The van der Waals surface area contributed by atoms with Crippen molar-refractivity contribution in [1.82, 2.24) is 9.88 Å². The number of nitrogens with one attached hydrogen (secondary N) is 1. The van der Waals surface area contributed by atoms with Crippen LogP contribution in [0.15, 0.2) is 23.0 Å². The highest BCUT2D eigenvalue weighted by molar-refractivity contribution is 5.45. The molecular weight excluding hydrogens is 192 g/mol. The molecule has 1 amide bonds. The molecule has 80 valence electrons. The first-order chi connectivity index (χ1) is 7.31. The van der Waals surface area contributed by atoms with Crippen LogP contribution in [0.5, 0.6) is 0 Å². The first-order valence-electron chi connectivity index (χ1n) is 5.17. The molecule has 0 spiro atoms. The van der Waals surface area contributed by atoms with Crippen molar-refractivity contribution in [2.45, 2.75) is 19.4 Å². The monoisotopic (exact) mass is 206 g/mol. The lowest BCUT2D eigenvalue weighted by molar-refractivity contribution is -0.109. The quantitative estimate of drug-likeness (QED) is 0.716. The zero-order valence-electron chi connectivity index (χ0n) is 8.48. The van der Waals surface area contributed by atoms with Crippen LogP contribution < -0.4 is 10.9 Å². The predicted octanol–water partition coefficient (Wildman–Crippen LogP) is 0.157. The molecule has 0 bridgehead atoms. The molecular formula is C11H14N2O2. The van der Waals surface area contributed by atoms with Gasteiger partial charge in [0.1, 0.15) is 0 Å². The Hall–Kier alpha value is -1.58. The number of fused-ring (bicyclic) bond motifs is 1. The minimum Gasteiger partial charge on any atom is -0.358 e. The van der Waals surface area contributed by atoms with E-state index in [1.54, 1.807) is 16.7 Å². The Labute approximate surface area is 87.9 Å². The summed E-state index contributed by atoms with van der Waals surface area (Å²) < 4.78 is 1.81. The minimum absolute atomic E-state index is 0.0586. The number of nitrogens with zero attached hydrogens (tertiary/aromatic N) is 1. The van der Waals surface area contributed by atoms with Gasteiger partial charge in [-0.25, -0.2) is 0 Å². The molecule has 4 heteroatoms. The van der Waals surface area contributed by atoms with E-state index in [4.69, 9.17) is 0 Å². The lowest BCUT2D eigenvalue weighted by Gasteiger charge is -2.25. The van der Waals surface area contributed by atoms with Gasteiger partial charge in [0.05, 0.1) is 0 Å². The molecule has 0 aromatic carbocycles. The van der Waals surface area contributed by atoms with Crippen molar-refractivity contribution < 1.29 is 4.79 Å². The van der Waals surface area contributed by atoms with E-state index in [2.05, 4.69) is 5.32 Å². The Balaban J connectivity index is 2.15. The van der Waals surface area contributed by atoms with Gasteiger partial charge in [-0.1, -0.05) is 6.07 Å². The third kappa shape index (κ3) is 2.09. The number of hydrogen-bond donors (Lipinski definition) is 1. The van der Waals surface area contributed by atoms with E-state index in [1.165, 1.54) is 0 Å². The molecule has 1 atom stereocenters. The van der Waals surface area contributed by atoms with Gasteiger partial charge in [-0.2, -0.15) is 0 Å². The van der Waals surface area contributed by atoms with E-state index in [0.29, 0.717) is 18.9 Å². The van der Waals surface area contributed by atoms with Crippen molar-refractivity contribution >= 4 is 6.41 Å². The van der Waals surface area contributed by atoms with E-state index < -0.39 is 0 Å². The molecule has 1 aromatic heterocycles. The SMILES string of the molecule is O=CNCC1CCc2cccc(=O)n2C1. The average Bonchev–Trinajstić information content (AvgIpc) is 2.27. The molecule has 0 aliphatic carbocycles. The van der Waals surface area contributed by atoms with Gasteiger partial charge in [-0.15, -0.1) is 0 Å². The Kier molecular flexibility index (Phi) is 2.85. The summed E-state index contributed by atoms with van der Waals surface area (Å²) in [5.41, 5.74) is 1.16. The molecule has 1 aromatic rings. The summed E-state index contributed by atoms with van der Waals surface area (Å²) in [6.45, 7) is 1.38. The van der Waals surface area contributed by atoms with Crippen LogP contribution in [0.2, 0.25) is 0 Å². The van der Waals surface area contributed by atoms with E-state index in [1.807, 2.05) is 6.07 Å². The van der Waals surface area contributed by atoms with Crippen LogP contribution in [0.3, 0.4) is 0 Å². The number of rotatable bonds is 3. The fourth-order valence-electron chi connectivity index (χ4n) is 2.07. The van der Waals surface area contributed by atoms with Gasteiger partial charge < -0.3 is 9.88 Å². The first-order valence-corrected chi connectivity index (χ1v) is 5.17. The topological polar surface area (TPSA) is 51.1 Å². The number of carbonyl (C=O) groups is 1. The standard InChI is InChI=1S/C11H14N2O2/c14-8-12-6-9-4-5-10-2-1-3-11(15)13(10)7-9/h1-3,8-9H,4-7H2,(H,12,14). The second kappa shape index (κ2) is 4.29. The summed E-state index contributed by atoms with van der Waals surface area (Å²) in [5.74, 6) is 0.378. The van der Waals surface area contributed by atoms with Crippen LogP contribution in [-0.4, -0.2) is 17.5 Å². The lowest BCUT2D eigenvalue weighted by atomic mass is 9.97. The van der Waals surface area contributed by atoms with Crippen LogP contribution in [0, 0.1) is 5.92 Å². The molecule has 1 N–H and O–H groups in total. The van der Waals surface area contributed by atoms with Gasteiger partial charge in [-0.3, -0.25) is 9.59 Å². The van der Waals surface area contributed by atoms with E-state index in [-0.39, 0.29) is 5.56 Å². The minimum atomic E-state index is 0.0586. The molecule has 15 heavy (non-hydrogen) atoms. The van der Waals surface area contributed by atoms with Crippen LogP contribution in [-0.2, 0) is 17.8 Å². The molecule has 4 nitrogen and oxygen atoms in total. The lowest BCUT2D eigenvalue weighted by Crippen LogP contribution is -2.35. The molecule has 1 unspecified atom stereocenters. The van der Waals surface area contributed by atoms with Gasteiger partial charge in [0.2, 0.25) is 6.41 Å². The highest BCUT2D eigenvalue weighted by Crippen LogP contribution is 2.16. The molecule has 0 saturated heterocycles. The Morgan fingerprint density at radius 3 is 3.20 bits per heavy atom. The fourth-order valence-corrected chi connectivity index (χ4v) is 2.07. The van der Waals surface area contributed by atoms with Crippen molar-refractivity contribution in [3.8, 4) is 0 Å². The van der Waals surface area contributed by atoms with Crippen LogP contribution in [0.25, 0.3) is 0 Å². The second-order valence-corrected chi connectivity index (χ2v) is 3.90. The van der Waals surface area contributed by atoms with E-state index >= 15 is 0 Å². The number of hydrogen-bond acceptors (Lipinski definition) is 2. The maximum Gasteiger partial charge on any atom is 0.250 e. The van der Waals surface area contributed by atoms with Crippen molar-refractivity contribution in [2.24, 2.45) is 5.92 Å². The summed E-state index contributed by atoms with van der Waals surface area (Å²) in [4.78, 5) is 21.7. The highest BCUT2D eigenvalue weighted by Gasteiger charge is 2.18. The maximum absolute atomic E-state index is 11.6. The highest BCUT2D eigenvalue weighted by atomic mass is 16.1.